The minimum Gasteiger partial charge on any atom is -0.383 e. The van der Waals surface area contributed by atoms with E-state index in [4.69, 9.17) is 5.73 Å². The molecule has 0 spiro atoms. The summed E-state index contributed by atoms with van der Waals surface area (Å²) in [5.41, 5.74) is 5.62. The van der Waals surface area contributed by atoms with Gasteiger partial charge in [0.15, 0.2) is 0 Å². The third kappa shape index (κ3) is 2.41. The second kappa shape index (κ2) is 4.37. The predicted octanol–water partition coefficient (Wildman–Crippen LogP) is 1.26. The van der Waals surface area contributed by atoms with Gasteiger partial charge in [0.2, 0.25) is 0 Å². The van der Waals surface area contributed by atoms with E-state index in [1.54, 1.807) is 0 Å². The van der Waals surface area contributed by atoms with Crippen molar-refractivity contribution in [2.45, 2.75) is 19.9 Å². The van der Waals surface area contributed by atoms with Crippen molar-refractivity contribution in [1.29, 1.82) is 0 Å². The lowest BCUT2D eigenvalue weighted by atomic mass is 10.2. The van der Waals surface area contributed by atoms with Crippen LogP contribution in [-0.2, 0) is 0 Å². The summed E-state index contributed by atoms with van der Waals surface area (Å²) in [6.45, 7) is 8.94. The molecule has 1 aliphatic rings. The Kier molecular flexibility index (Phi) is 3.11. The smallest absolute Gasteiger partial charge is 0.139 e. The third-order valence-corrected chi connectivity index (χ3v) is 3.74. The molecule has 2 N–H and O–H groups in total. The van der Waals surface area contributed by atoms with Crippen molar-refractivity contribution < 1.29 is 0 Å². The van der Waals surface area contributed by atoms with Gasteiger partial charge in [-0.2, -0.15) is 4.37 Å². The number of nitrogens with zero attached hydrogens (tertiary/aromatic N) is 3. The number of hydrogen-bond donors (Lipinski definition) is 1. The van der Waals surface area contributed by atoms with Gasteiger partial charge < -0.3 is 10.6 Å². The summed E-state index contributed by atoms with van der Waals surface area (Å²) < 4.78 is 4.11. The first kappa shape index (κ1) is 10.7. The number of anilines is 2. The predicted molar refractivity (Wildman–Crippen MR) is 65.4 cm³/mol. The first-order valence-electron chi connectivity index (χ1n) is 5.38. The molecule has 0 aliphatic carbocycles. The molecule has 0 atom stereocenters. The summed E-state index contributed by atoms with van der Waals surface area (Å²) >= 11 is 1.50. The normalized spacial score (nSPS) is 18.7. The summed E-state index contributed by atoms with van der Waals surface area (Å²) in [5.74, 6) is 0.640. The van der Waals surface area contributed by atoms with Gasteiger partial charge >= 0.3 is 0 Å². The van der Waals surface area contributed by atoms with Gasteiger partial charge in [0, 0.05) is 38.3 Å². The van der Waals surface area contributed by atoms with Gasteiger partial charge in [-0.3, -0.25) is 4.90 Å². The van der Waals surface area contributed by atoms with Crippen LogP contribution in [0.1, 0.15) is 13.8 Å². The van der Waals surface area contributed by atoms with Gasteiger partial charge in [-0.15, -0.1) is 0 Å². The molecule has 15 heavy (non-hydrogen) atoms. The number of nitrogen functional groups attached to an aromatic ring is 1. The number of aromatic nitrogens is 1. The molecular weight excluding hydrogens is 208 g/mol. The molecule has 0 saturated carbocycles. The van der Waals surface area contributed by atoms with Crippen molar-refractivity contribution >= 4 is 22.4 Å². The van der Waals surface area contributed by atoms with Gasteiger partial charge in [-0.05, 0) is 25.4 Å². The van der Waals surface area contributed by atoms with Crippen LogP contribution in [0.15, 0.2) is 6.07 Å². The Labute approximate surface area is 94.8 Å². The Bertz CT molecular complexity index is 315. The summed E-state index contributed by atoms with van der Waals surface area (Å²) in [7, 11) is 0. The number of nitrogens with two attached hydrogens (primary N) is 1. The molecule has 0 aromatic carbocycles. The molecule has 0 radical (unpaired) electrons. The highest BCUT2D eigenvalue weighted by Gasteiger charge is 2.19. The molecule has 1 aromatic rings. The standard InChI is InChI=1S/C10H18N4S/c1-8(2)13-3-5-14(6-4-13)10-7-9(11)12-15-10/h7-8H,3-6H2,1-2H3,(H2,11,12). The largest absolute Gasteiger partial charge is 0.383 e. The summed E-state index contributed by atoms with van der Waals surface area (Å²) in [4.78, 5) is 4.87. The Hall–Kier alpha value is -0.810. The number of piperazine rings is 1. The van der Waals surface area contributed by atoms with Gasteiger partial charge in [0.1, 0.15) is 10.8 Å². The minimum absolute atomic E-state index is 0.640. The molecule has 1 saturated heterocycles. The van der Waals surface area contributed by atoms with Crippen LogP contribution in [0.2, 0.25) is 0 Å². The van der Waals surface area contributed by atoms with E-state index in [2.05, 4.69) is 28.0 Å². The Balaban J connectivity index is 1.93. The Morgan fingerprint density at radius 1 is 1.33 bits per heavy atom. The summed E-state index contributed by atoms with van der Waals surface area (Å²) in [6, 6.07) is 2.62. The molecule has 0 unspecified atom stereocenters. The molecule has 2 rings (SSSR count). The van der Waals surface area contributed by atoms with Crippen LogP contribution in [0.25, 0.3) is 0 Å². The van der Waals surface area contributed by atoms with Gasteiger partial charge in [-0.25, -0.2) is 0 Å². The van der Waals surface area contributed by atoms with Crippen molar-refractivity contribution in [2.24, 2.45) is 0 Å². The van der Waals surface area contributed by atoms with Gasteiger partial charge in [0.05, 0.1) is 0 Å². The monoisotopic (exact) mass is 226 g/mol. The third-order valence-electron chi connectivity index (χ3n) is 2.87. The molecule has 5 heteroatoms. The molecule has 84 valence electrons. The maximum Gasteiger partial charge on any atom is 0.139 e. The van der Waals surface area contributed by atoms with Crippen molar-refractivity contribution in [3.8, 4) is 0 Å². The van der Waals surface area contributed by atoms with E-state index >= 15 is 0 Å². The van der Waals surface area contributed by atoms with Crippen molar-refractivity contribution in [3.63, 3.8) is 0 Å². The summed E-state index contributed by atoms with van der Waals surface area (Å²) in [5, 5.41) is 1.20. The Morgan fingerprint density at radius 3 is 2.47 bits per heavy atom. The van der Waals surface area contributed by atoms with Gasteiger partial charge in [0.25, 0.3) is 0 Å². The maximum atomic E-state index is 5.62. The molecule has 2 heterocycles. The van der Waals surface area contributed by atoms with Crippen molar-refractivity contribution in [2.75, 3.05) is 36.8 Å². The lowest BCUT2D eigenvalue weighted by Gasteiger charge is -2.37. The summed E-state index contributed by atoms with van der Waals surface area (Å²) in [6.07, 6.45) is 0. The van der Waals surface area contributed by atoms with Crippen molar-refractivity contribution in [1.82, 2.24) is 9.27 Å². The molecule has 4 nitrogen and oxygen atoms in total. The quantitative estimate of drug-likeness (QED) is 0.824. The zero-order chi connectivity index (χ0) is 10.8. The highest BCUT2D eigenvalue weighted by Crippen LogP contribution is 2.24. The zero-order valence-corrected chi connectivity index (χ0v) is 10.1. The van der Waals surface area contributed by atoms with E-state index in [-0.39, 0.29) is 0 Å². The molecule has 0 amide bonds. The van der Waals surface area contributed by atoms with Crippen LogP contribution in [-0.4, -0.2) is 41.5 Å². The SMILES string of the molecule is CC(C)N1CCN(c2cc(N)ns2)CC1. The van der Waals surface area contributed by atoms with E-state index in [0.717, 1.165) is 26.2 Å². The van der Waals surface area contributed by atoms with Crippen LogP contribution in [0, 0.1) is 0 Å². The molecule has 0 bridgehead atoms. The van der Waals surface area contributed by atoms with Crippen LogP contribution >= 0.6 is 11.5 Å². The van der Waals surface area contributed by atoms with E-state index in [1.165, 1.54) is 16.5 Å². The second-order valence-electron chi connectivity index (χ2n) is 4.21. The van der Waals surface area contributed by atoms with E-state index in [9.17, 15) is 0 Å². The fraction of sp³-hybridized carbons (Fsp3) is 0.700. The average Bonchev–Trinajstić information content (AvgIpc) is 2.65. The minimum atomic E-state index is 0.640. The first-order valence-corrected chi connectivity index (χ1v) is 6.15. The highest BCUT2D eigenvalue weighted by atomic mass is 32.1. The Morgan fingerprint density at radius 2 is 2.00 bits per heavy atom. The number of rotatable bonds is 2. The average molecular weight is 226 g/mol. The fourth-order valence-corrected chi connectivity index (χ4v) is 2.61. The topological polar surface area (TPSA) is 45.4 Å². The lowest BCUT2D eigenvalue weighted by molar-refractivity contribution is 0.210. The lowest BCUT2D eigenvalue weighted by Crippen LogP contribution is -2.48. The molecule has 1 aliphatic heterocycles. The zero-order valence-electron chi connectivity index (χ0n) is 9.31. The molecule has 1 aromatic heterocycles. The second-order valence-corrected chi connectivity index (χ2v) is 4.99. The van der Waals surface area contributed by atoms with E-state index in [1.807, 2.05) is 6.07 Å². The van der Waals surface area contributed by atoms with Crippen LogP contribution in [0.3, 0.4) is 0 Å². The highest BCUT2D eigenvalue weighted by molar-refractivity contribution is 7.10. The van der Waals surface area contributed by atoms with Crippen LogP contribution in [0.5, 0.6) is 0 Å². The number of hydrogen-bond acceptors (Lipinski definition) is 5. The van der Waals surface area contributed by atoms with Crippen molar-refractivity contribution in [3.05, 3.63) is 6.07 Å². The van der Waals surface area contributed by atoms with E-state index < -0.39 is 0 Å². The fourth-order valence-electron chi connectivity index (χ4n) is 1.89. The molecule has 1 fully saturated rings. The van der Waals surface area contributed by atoms with Gasteiger partial charge in [-0.1, -0.05) is 0 Å². The van der Waals surface area contributed by atoms with Crippen LogP contribution in [0.4, 0.5) is 10.8 Å². The molecular formula is C10H18N4S. The first-order chi connectivity index (χ1) is 7.16. The van der Waals surface area contributed by atoms with Crippen LogP contribution < -0.4 is 10.6 Å². The van der Waals surface area contributed by atoms with E-state index in [0.29, 0.717) is 11.9 Å². The maximum absolute atomic E-state index is 5.62.